The van der Waals surface area contributed by atoms with Gasteiger partial charge in [-0.05, 0) is 28.7 Å². The SMILES string of the molecule is CCCCCC(=O)OCC1c2ccccc2-c2ccccc21. The first-order valence-corrected chi connectivity index (χ1v) is 8.15. The normalized spacial score (nSPS) is 12.8. The van der Waals surface area contributed by atoms with Gasteiger partial charge in [-0.1, -0.05) is 68.3 Å². The number of benzene rings is 2. The number of esters is 1. The molecule has 2 heteroatoms. The molecule has 1 aliphatic rings. The molecule has 0 fully saturated rings. The highest BCUT2D eigenvalue weighted by Crippen LogP contribution is 2.44. The monoisotopic (exact) mass is 294 g/mol. The summed E-state index contributed by atoms with van der Waals surface area (Å²) in [5.41, 5.74) is 5.07. The van der Waals surface area contributed by atoms with Crippen LogP contribution < -0.4 is 0 Å². The molecule has 0 radical (unpaired) electrons. The van der Waals surface area contributed by atoms with Crippen LogP contribution >= 0.6 is 0 Å². The van der Waals surface area contributed by atoms with Crippen molar-refractivity contribution >= 4 is 5.97 Å². The summed E-state index contributed by atoms with van der Waals surface area (Å²) >= 11 is 0. The van der Waals surface area contributed by atoms with E-state index in [0.29, 0.717) is 13.0 Å². The molecule has 22 heavy (non-hydrogen) atoms. The summed E-state index contributed by atoms with van der Waals surface area (Å²) < 4.78 is 5.55. The minimum absolute atomic E-state index is 0.0738. The van der Waals surface area contributed by atoms with Crippen molar-refractivity contribution in [3.8, 4) is 11.1 Å². The average Bonchev–Trinajstić information content (AvgIpc) is 2.87. The fraction of sp³-hybridized carbons (Fsp3) is 0.350. The molecule has 0 saturated carbocycles. The molecular weight excluding hydrogens is 272 g/mol. The van der Waals surface area contributed by atoms with E-state index in [4.69, 9.17) is 4.74 Å². The Hall–Kier alpha value is -2.09. The molecule has 0 saturated heterocycles. The van der Waals surface area contributed by atoms with Crippen molar-refractivity contribution in [1.82, 2.24) is 0 Å². The predicted molar refractivity (Wildman–Crippen MR) is 88.8 cm³/mol. The second kappa shape index (κ2) is 6.78. The van der Waals surface area contributed by atoms with Gasteiger partial charge in [0.25, 0.3) is 0 Å². The van der Waals surface area contributed by atoms with Crippen molar-refractivity contribution in [1.29, 1.82) is 0 Å². The molecule has 0 heterocycles. The summed E-state index contributed by atoms with van der Waals surface area (Å²) in [7, 11) is 0. The van der Waals surface area contributed by atoms with Crippen LogP contribution in [0.1, 0.15) is 49.7 Å². The predicted octanol–water partition coefficient (Wildman–Crippen LogP) is 4.92. The number of carbonyl (C=O) groups excluding carboxylic acids is 1. The largest absolute Gasteiger partial charge is 0.465 e. The van der Waals surface area contributed by atoms with Crippen molar-refractivity contribution in [2.45, 2.75) is 38.5 Å². The maximum Gasteiger partial charge on any atom is 0.305 e. The fourth-order valence-electron chi connectivity index (χ4n) is 3.21. The molecular formula is C20H22O2. The molecule has 1 aliphatic carbocycles. The van der Waals surface area contributed by atoms with Crippen LogP contribution in [-0.2, 0) is 9.53 Å². The zero-order chi connectivity index (χ0) is 15.4. The molecule has 3 rings (SSSR count). The van der Waals surface area contributed by atoms with Gasteiger partial charge < -0.3 is 4.74 Å². The van der Waals surface area contributed by atoms with Gasteiger partial charge in [-0.25, -0.2) is 0 Å². The van der Waals surface area contributed by atoms with Crippen molar-refractivity contribution in [3.63, 3.8) is 0 Å². The smallest absolute Gasteiger partial charge is 0.305 e. The standard InChI is InChI=1S/C20H22O2/c1-2-3-4-13-20(21)22-14-19-17-11-7-5-9-15(17)16-10-6-8-12-18(16)19/h5-12,19H,2-4,13-14H2,1H3. The Labute approximate surface area is 132 Å². The van der Waals surface area contributed by atoms with Crippen LogP contribution in [0, 0.1) is 0 Å². The summed E-state index contributed by atoms with van der Waals surface area (Å²) in [4.78, 5) is 11.9. The Bertz CT molecular complexity index is 615. The Morgan fingerprint density at radius 3 is 2.14 bits per heavy atom. The number of unbranched alkanes of at least 4 members (excludes halogenated alkanes) is 2. The molecule has 0 aliphatic heterocycles. The molecule has 0 spiro atoms. The molecule has 114 valence electrons. The Morgan fingerprint density at radius 1 is 0.955 bits per heavy atom. The van der Waals surface area contributed by atoms with E-state index in [2.05, 4.69) is 55.5 Å². The maximum atomic E-state index is 11.9. The summed E-state index contributed by atoms with van der Waals surface area (Å²) in [5, 5.41) is 0. The van der Waals surface area contributed by atoms with Gasteiger partial charge >= 0.3 is 5.97 Å². The Morgan fingerprint density at radius 2 is 1.55 bits per heavy atom. The Kier molecular flexibility index (Phi) is 4.57. The van der Waals surface area contributed by atoms with E-state index in [9.17, 15) is 4.79 Å². The fourth-order valence-corrected chi connectivity index (χ4v) is 3.21. The van der Waals surface area contributed by atoms with Crippen molar-refractivity contribution in [2.75, 3.05) is 6.61 Å². The summed E-state index contributed by atoms with van der Waals surface area (Å²) in [6.07, 6.45) is 3.66. The summed E-state index contributed by atoms with van der Waals surface area (Å²) in [6, 6.07) is 16.8. The van der Waals surface area contributed by atoms with Crippen molar-refractivity contribution < 1.29 is 9.53 Å². The van der Waals surface area contributed by atoms with Crippen LogP contribution in [0.25, 0.3) is 11.1 Å². The molecule has 2 aromatic rings. The van der Waals surface area contributed by atoms with Gasteiger partial charge in [-0.15, -0.1) is 0 Å². The zero-order valence-corrected chi connectivity index (χ0v) is 13.0. The third-order valence-electron chi connectivity index (χ3n) is 4.36. The van der Waals surface area contributed by atoms with Gasteiger partial charge in [0.05, 0.1) is 0 Å². The van der Waals surface area contributed by atoms with Gasteiger partial charge in [-0.3, -0.25) is 4.79 Å². The molecule has 0 atom stereocenters. The molecule has 0 unspecified atom stereocenters. The lowest BCUT2D eigenvalue weighted by Crippen LogP contribution is -2.12. The Balaban J connectivity index is 1.73. The zero-order valence-electron chi connectivity index (χ0n) is 13.0. The lowest BCUT2D eigenvalue weighted by Gasteiger charge is -2.14. The first kappa shape index (κ1) is 14.8. The average molecular weight is 294 g/mol. The molecule has 0 N–H and O–H groups in total. The van der Waals surface area contributed by atoms with E-state index in [1.165, 1.54) is 22.3 Å². The number of rotatable bonds is 6. The van der Waals surface area contributed by atoms with E-state index in [1.54, 1.807) is 0 Å². The van der Waals surface area contributed by atoms with Crippen molar-refractivity contribution in [3.05, 3.63) is 59.7 Å². The van der Waals surface area contributed by atoms with Crippen LogP contribution in [0.15, 0.2) is 48.5 Å². The van der Waals surface area contributed by atoms with Gasteiger partial charge in [0.15, 0.2) is 0 Å². The number of hydrogen-bond donors (Lipinski definition) is 0. The second-order valence-electron chi connectivity index (χ2n) is 5.87. The van der Waals surface area contributed by atoms with Crippen molar-refractivity contribution in [2.24, 2.45) is 0 Å². The highest BCUT2D eigenvalue weighted by atomic mass is 16.5. The van der Waals surface area contributed by atoms with Gasteiger partial charge in [-0.2, -0.15) is 0 Å². The molecule has 2 aromatic carbocycles. The lowest BCUT2D eigenvalue weighted by molar-refractivity contribution is -0.144. The summed E-state index contributed by atoms with van der Waals surface area (Å²) in [6.45, 7) is 2.58. The first-order valence-electron chi connectivity index (χ1n) is 8.15. The summed E-state index contributed by atoms with van der Waals surface area (Å²) in [5.74, 6) is 0.0952. The maximum absolute atomic E-state index is 11.9. The van der Waals surface area contributed by atoms with Crippen LogP contribution in [-0.4, -0.2) is 12.6 Å². The van der Waals surface area contributed by atoms with Gasteiger partial charge in [0.2, 0.25) is 0 Å². The first-order chi connectivity index (χ1) is 10.8. The van der Waals surface area contributed by atoms with E-state index in [0.717, 1.165) is 19.3 Å². The number of ether oxygens (including phenoxy) is 1. The molecule has 0 bridgehead atoms. The number of carbonyl (C=O) groups is 1. The van der Waals surface area contributed by atoms with Crippen LogP contribution in [0.2, 0.25) is 0 Å². The quantitative estimate of drug-likeness (QED) is 0.558. The van der Waals surface area contributed by atoms with E-state index >= 15 is 0 Å². The van der Waals surface area contributed by atoms with E-state index in [-0.39, 0.29) is 11.9 Å². The van der Waals surface area contributed by atoms with Crippen LogP contribution in [0.4, 0.5) is 0 Å². The number of fused-ring (bicyclic) bond motifs is 3. The van der Waals surface area contributed by atoms with Crippen LogP contribution in [0.3, 0.4) is 0 Å². The van der Waals surface area contributed by atoms with Gasteiger partial charge in [0.1, 0.15) is 6.61 Å². The van der Waals surface area contributed by atoms with Gasteiger partial charge in [0, 0.05) is 12.3 Å². The third-order valence-corrected chi connectivity index (χ3v) is 4.36. The topological polar surface area (TPSA) is 26.3 Å². The molecule has 2 nitrogen and oxygen atoms in total. The highest BCUT2D eigenvalue weighted by Gasteiger charge is 2.28. The third kappa shape index (κ3) is 2.92. The van der Waals surface area contributed by atoms with E-state index < -0.39 is 0 Å². The minimum Gasteiger partial charge on any atom is -0.465 e. The van der Waals surface area contributed by atoms with E-state index in [1.807, 2.05) is 0 Å². The second-order valence-corrected chi connectivity index (χ2v) is 5.87. The van der Waals surface area contributed by atoms with Crippen LogP contribution in [0.5, 0.6) is 0 Å². The molecule has 0 aromatic heterocycles. The highest BCUT2D eigenvalue weighted by molar-refractivity contribution is 5.79. The molecule has 0 amide bonds. The minimum atomic E-state index is -0.0738. The number of hydrogen-bond acceptors (Lipinski definition) is 2. The lowest BCUT2D eigenvalue weighted by atomic mass is 9.98.